The maximum atomic E-state index is 14.1. The summed E-state index contributed by atoms with van der Waals surface area (Å²) in [7, 11) is 1.51. The van der Waals surface area contributed by atoms with Crippen molar-refractivity contribution < 1.29 is 28.2 Å². The molecule has 0 saturated carbocycles. The minimum Gasteiger partial charge on any atom is -0.493 e. The van der Waals surface area contributed by atoms with Crippen LogP contribution in [0.4, 0.5) is 4.39 Å². The summed E-state index contributed by atoms with van der Waals surface area (Å²) in [5.41, 5.74) is 2.18. The van der Waals surface area contributed by atoms with Crippen molar-refractivity contribution in [3.05, 3.63) is 81.0 Å². The second-order valence-electron chi connectivity index (χ2n) is 8.66. The van der Waals surface area contributed by atoms with Gasteiger partial charge in [0.1, 0.15) is 23.9 Å². The van der Waals surface area contributed by atoms with Crippen LogP contribution in [0.1, 0.15) is 55.6 Å². The summed E-state index contributed by atoms with van der Waals surface area (Å²) in [4.78, 5) is 25.9. The Labute approximate surface area is 202 Å². The van der Waals surface area contributed by atoms with E-state index in [-0.39, 0.29) is 28.8 Å². The highest BCUT2D eigenvalue weighted by atomic mass is 35.5. The van der Waals surface area contributed by atoms with Gasteiger partial charge in [-0.3, -0.25) is 9.59 Å². The van der Waals surface area contributed by atoms with E-state index in [1.807, 2.05) is 6.07 Å². The highest BCUT2D eigenvalue weighted by molar-refractivity contribution is 6.31. The van der Waals surface area contributed by atoms with Gasteiger partial charge in [0, 0.05) is 48.3 Å². The molecule has 2 aromatic carbocycles. The van der Waals surface area contributed by atoms with E-state index in [2.05, 4.69) is 0 Å². The molecule has 5 nitrogen and oxygen atoms in total. The Kier molecular flexibility index (Phi) is 6.17. The zero-order chi connectivity index (χ0) is 23.8. The molecule has 0 fully saturated rings. The molecule has 1 aliphatic heterocycles. The molecule has 0 aromatic heterocycles. The van der Waals surface area contributed by atoms with Gasteiger partial charge in [-0.2, -0.15) is 0 Å². The lowest BCUT2D eigenvalue weighted by Crippen LogP contribution is -2.30. The maximum Gasteiger partial charge on any atom is 0.163 e. The van der Waals surface area contributed by atoms with Gasteiger partial charge < -0.3 is 14.2 Å². The Morgan fingerprint density at radius 3 is 2.26 bits per heavy atom. The van der Waals surface area contributed by atoms with E-state index < -0.39 is 11.7 Å². The van der Waals surface area contributed by atoms with Crippen molar-refractivity contribution in [2.45, 2.75) is 51.0 Å². The number of hydrogen-bond acceptors (Lipinski definition) is 5. The molecule has 3 aliphatic rings. The van der Waals surface area contributed by atoms with Crippen molar-refractivity contribution in [2.75, 3.05) is 7.11 Å². The van der Waals surface area contributed by atoms with Crippen molar-refractivity contribution in [3.8, 4) is 11.5 Å². The van der Waals surface area contributed by atoms with E-state index in [0.29, 0.717) is 59.8 Å². The van der Waals surface area contributed by atoms with Gasteiger partial charge in [-0.25, -0.2) is 4.39 Å². The monoisotopic (exact) mass is 482 g/mol. The molecule has 7 heteroatoms. The van der Waals surface area contributed by atoms with Crippen molar-refractivity contribution >= 4 is 23.2 Å². The van der Waals surface area contributed by atoms with E-state index in [1.165, 1.54) is 19.2 Å². The number of ether oxygens (including phenoxy) is 3. The summed E-state index contributed by atoms with van der Waals surface area (Å²) in [5.74, 6) is 1.30. The third kappa shape index (κ3) is 4.00. The molecule has 176 valence electrons. The van der Waals surface area contributed by atoms with Crippen LogP contribution in [0.3, 0.4) is 0 Å². The highest BCUT2D eigenvalue weighted by Crippen LogP contribution is 2.48. The van der Waals surface area contributed by atoms with Gasteiger partial charge in [0.05, 0.1) is 12.1 Å². The molecule has 1 heterocycles. The SMILES string of the molecule is COc1cc(C2C3=C(CCCC3=O)OC3=C2C(=O)CCC3)ccc1OCc1c(F)cccc1Cl. The van der Waals surface area contributed by atoms with Crippen molar-refractivity contribution in [3.63, 3.8) is 0 Å². The van der Waals surface area contributed by atoms with Gasteiger partial charge >= 0.3 is 0 Å². The number of halogens is 2. The fourth-order valence-corrected chi connectivity index (χ4v) is 5.17. The Hall–Kier alpha value is -3.12. The molecule has 0 radical (unpaired) electrons. The number of methoxy groups -OCH3 is 1. The zero-order valence-electron chi connectivity index (χ0n) is 18.8. The van der Waals surface area contributed by atoms with Crippen LogP contribution >= 0.6 is 11.6 Å². The first-order valence-corrected chi connectivity index (χ1v) is 11.8. The minimum atomic E-state index is -0.483. The summed E-state index contributed by atoms with van der Waals surface area (Å²) < 4.78 is 31.6. The van der Waals surface area contributed by atoms with E-state index in [0.717, 1.165) is 18.4 Å². The van der Waals surface area contributed by atoms with Crippen molar-refractivity contribution in [1.29, 1.82) is 0 Å². The standard InChI is InChI=1S/C27H24ClFO5/c1-32-24-13-15(11-12-21(24)33-14-16-17(28)5-2-6-18(16)29)25-26-19(30)7-3-9-22(26)34-23-10-4-8-20(31)27(23)25/h2,5-6,11-13,25H,3-4,7-10,14H2,1H3. The predicted molar refractivity (Wildman–Crippen MR) is 124 cm³/mol. The van der Waals surface area contributed by atoms with Crippen LogP contribution in [0, 0.1) is 5.82 Å². The fraction of sp³-hybridized carbons (Fsp3) is 0.333. The first-order chi connectivity index (χ1) is 16.5. The second-order valence-corrected chi connectivity index (χ2v) is 9.07. The molecule has 0 saturated heterocycles. The van der Waals surface area contributed by atoms with Crippen LogP contribution in [-0.4, -0.2) is 18.7 Å². The topological polar surface area (TPSA) is 61.8 Å². The Balaban J connectivity index is 1.52. The van der Waals surface area contributed by atoms with Crippen LogP contribution < -0.4 is 9.47 Å². The number of allylic oxidation sites excluding steroid dienone is 4. The number of hydrogen-bond donors (Lipinski definition) is 0. The normalized spacial score (nSPS) is 18.4. The lowest BCUT2D eigenvalue weighted by molar-refractivity contribution is -0.117. The van der Waals surface area contributed by atoms with E-state index in [1.54, 1.807) is 18.2 Å². The Morgan fingerprint density at radius 1 is 0.971 bits per heavy atom. The number of ketones is 2. The summed E-state index contributed by atoms with van der Waals surface area (Å²) in [6.07, 6.45) is 3.74. The smallest absolute Gasteiger partial charge is 0.163 e. The number of benzene rings is 2. The van der Waals surface area contributed by atoms with Crippen LogP contribution in [0.25, 0.3) is 0 Å². The molecule has 0 N–H and O–H groups in total. The first-order valence-electron chi connectivity index (χ1n) is 11.4. The van der Waals surface area contributed by atoms with E-state index in [4.69, 9.17) is 25.8 Å². The van der Waals surface area contributed by atoms with Gasteiger partial charge in [0.25, 0.3) is 0 Å². The van der Waals surface area contributed by atoms with Gasteiger partial charge in [0.2, 0.25) is 0 Å². The van der Waals surface area contributed by atoms with E-state index in [9.17, 15) is 14.0 Å². The number of Topliss-reactive ketones (excluding diaryl/α,β-unsaturated/α-hetero) is 2. The maximum absolute atomic E-state index is 14.1. The molecule has 0 atom stereocenters. The van der Waals surface area contributed by atoms with Crippen LogP contribution in [0.15, 0.2) is 59.1 Å². The van der Waals surface area contributed by atoms with Gasteiger partial charge in [-0.05, 0) is 42.7 Å². The average Bonchev–Trinajstić information content (AvgIpc) is 2.83. The van der Waals surface area contributed by atoms with Crippen molar-refractivity contribution in [1.82, 2.24) is 0 Å². The molecule has 2 aromatic rings. The lowest BCUT2D eigenvalue weighted by Gasteiger charge is -2.36. The molecule has 34 heavy (non-hydrogen) atoms. The lowest BCUT2D eigenvalue weighted by atomic mass is 9.73. The Bertz CT molecular complexity index is 1180. The molecular weight excluding hydrogens is 459 g/mol. The highest BCUT2D eigenvalue weighted by Gasteiger charge is 2.41. The summed E-state index contributed by atoms with van der Waals surface area (Å²) in [5, 5.41) is 0.281. The first kappa shape index (κ1) is 22.7. The Morgan fingerprint density at radius 2 is 1.65 bits per heavy atom. The zero-order valence-corrected chi connectivity index (χ0v) is 19.5. The number of rotatable bonds is 5. The third-order valence-electron chi connectivity index (χ3n) is 6.60. The van der Waals surface area contributed by atoms with E-state index >= 15 is 0 Å². The van der Waals surface area contributed by atoms with Crippen molar-refractivity contribution in [2.24, 2.45) is 0 Å². The molecule has 0 spiro atoms. The molecule has 0 bridgehead atoms. The molecule has 0 amide bonds. The van der Waals surface area contributed by atoms with Gasteiger partial charge in [0.15, 0.2) is 23.1 Å². The molecular formula is C27H24ClFO5. The summed E-state index contributed by atoms with van der Waals surface area (Å²) in [6.45, 7) is -0.0694. The third-order valence-corrected chi connectivity index (χ3v) is 6.95. The average molecular weight is 483 g/mol. The van der Waals surface area contributed by atoms with Crippen LogP contribution in [-0.2, 0) is 20.9 Å². The molecule has 0 unspecified atom stereocenters. The van der Waals surface area contributed by atoms with Gasteiger partial charge in [-0.1, -0.05) is 23.7 Å². The van der Waals surface area contributed by atoms with Crippen LogP contribution in [0.2, 0.25) is 5.02 Å². The quantitative estimate of drug-likeness (QED) is 0.508. The number of carbonyl (C=O) groups excluding carboxylic acids is 2. The largest absolute Gasteiger partial charge is 0.493 e. The summed E-state index contributed by atoms with van der Waals surface area (Å²) >= 11 is 6.12. The van der Waals surface area contributed by atoms with Crippen LogP contribution in [0.5, 0.6) is 11.5 Å². The number of carbonyl (C=O) groups is 2. The molecule has 5 rings (SSSR count). The minimum absolute atomic E-state index is 0.0182. The second kappa shape index (κ2) is 9.26. The van der Waals surface area contributed by atoms with Gasteiger partial charge in [-0.15, -0.1) is 0 Å². The predicted octanol–water partition coefficient (Wildman–Crippen LogP) is 6.19. The fourth-order valence-electron chi connectivity index (χ4n) is 4.95. The molecule has 2 aliphatic carbocycles. The summed E-state index contributed by atoms with van der Waals surface area (Å²) in [6, 6.07) is 9.81.